The van der Waals surface area contributed by atoms with Crippen LogP contribution >= 0.6 is 0 Å². The molecule has 0 saturated carbocycles. The summed E-state index contributed by atoms with van der Waals surface area (Å²) in [7, 11) is 0. The molecule has 0 spiro atoms. The van der Waals surface area contributed by atoms with Gasteiger partial charge in [-0.3, -0.25) is 5.10 Å². The number of hydrogen-bond acceptors (Lipinski definition) is 2. The van der Waals surface area contributed by atoms with E-state index in [0.29, 0.717) is 16.8 Å². The molecule has 2 N–H and O–H groups in total. The highest BCUT2D eigenvalue weighted by atomic mass is 19.1. The molecular weight excluding hydrogens is 247 g/mol. The van der Waals surface area contributed by atoms with Gasteiger partial charge in [-0.15, -0.1) is 0 Å². The Morgan fingerprint density at radius 1 is 1.21 bits per heavy atom. The van der Waals surface area contributed by atoms with E-state index < -0.39 is 5.97 Å². The molecule has 5 heteroatoms. The number of fused-ring (bicyclic) bond motifs is 1. The van der Waals surface area contributed by atoms with Crippen molar-refractivity contribution in [3.8, 4) is 11.3 Å². The summed E-state index contributed by atoms with van der Waals surface area (Å²) in [5, 5.41) is 16.6. The predicted octanol–water partition coefficient (Wildman–Crippen LogP) is 3.07. The number of carboxylic acid groups (broad SMARTS) is 1. The fourth-order valence-corrected chi connectivity index (χ4v) is 2.01. The molecule has 0 amide bonds. The SMILES string of the molecule is O=C(O)c1ccc2c(-c3cccc(F)c3)n[nH]c2c1. The zero-order valence-corrected chi connectivity index (χ0v) is 9.72. The van der Waals surface area contributed by atoms with Gasteiger partial charge >= 0.3 is 5.97 Å². The monoisotopic (exact) mass is 256 g/mol. The Morgan fingerprint density at radius 3 is 2.79 bits per heavy atom. The van der Waals surface area contributed by atoms with Crippen molar-refractivity contribution in [1.29, 1.82) is 0 Å². The van der Waals surface area contributed by atoms with Crippen molar-refractivity contribution in [2.45, 2.75) is 0 Å². The van der Waals surface area contributed by atoms with E-state index in [-0.39, 0.29) is 11.4 Å². The topological polar surface area (TPSA) is 66.0 Å². The number of benzene rings is 2. The highest BCUT2D eigenvalue weighted by molar-refractivity contribution is 5.98. The molecule has 1 heterocycles. The van der Waals surface area contributed by atoms with Gasteiger partial charge in [-0.1, -0.05) is 12.1 Å². The lowest BCUT2D eigenvalue weighted by Gasteiger charge is -1.98. The average molecular weight is 256 g/mol. The zero-order chi connectivity index (χ0) is 13.4. The van der Waals surface area contributed by atoms with Crippen molar-refractivity contribution in [2.24, 2.45) is 0 Å². The second kappa shape index (κ2) is 4.20. The van der Waals surface area contributed by atoms with E-state index in [9.17, 15) is 9.18 Å². The summed E-state index contributed by atoms with van der Waals surface area (Å²) in [6.45, 7) is 0. The predicted molar refractivity (Wildman–Crippen MR) is 68.4 cm³/mol. The second-order valence-electron chi connectivity index (χ2n) is 4.15. The minimum Gasteiger partial charge on any atom is -0.478 e. The lowest BCUT2D eigenvalue weighted by Crippen LogP contribution is -1.94. The Kier molecular flexibility index (Phi) is 2.52. The van der Waals surface area contributed by atoms with Crippen LogP contribution in [0.15, 0.2) is 42.5 Å². The molecule has 0 atom stereocenters. The smallest absolute Gasteiger partial charge is 0.335 e. The van der Waals surface area contributed by atoms with E-state index in [0.717, 1.165) is 5.39 Å². The first kappa shape index (κ1) is 11.4. The van der Waals surface area contributed by atoms with E-state index in [1.165, 1.54) is 24.3 Å². The van der Waals surface area contributed by atoms with Gasteiger partial charge in [0.2, 0.25) is 0 Å². The lowest BCUT2D eigenvalue weighted by molar-refractivity contribution is 0.0697. The number of carboxylic acids is 1. The highest BCUT2D eigenvalue weighted by Crippen LogP contribution is 2.27. The maximum atomic E-state index is 13.2. The molecule has 94 valence electrons. The molecule has 19 heavy (non-hydrogen) atoms. The number of nitrogens with zero attached hydrogens (tertiary/aromatic N) is 1. The molecule has 0 aliphatic rings. The van der Waals surface area contributed by atoms with E-state index >= 15 is 0 Å². The first-order valence-corrected chi connectivity index (χ1v) is 5.62. The summed E-state index contributed by atoms with van der Waals surface area (Å²) in [4.78, 5) is 10.9. The van der Waals surface area contributed by atoms with Crippen LogP contribution in [0.25, 0.3) is 22.2 Å². The fraction of sp³-hybridized carbons (Fsp3) is 0. The molecule has 0 unspecified atom stereocenters. The van der Waals surface area contributed by atoms with Gasteiger partial charge in [0.25, 0.3) is 0 Å². The maximum absolute atomic E-state index is 13.2. The van der Waals surface area contributed by atoms with Gasteiger partial charge in [-0.2, -0.15) is 5.10 Å². The number of halogens is 1. The van der Waals surface area contributed by atoms with Crippen LogP contribution in [0.1, 0.15) is 10.4 Å². The van der Waals surface area contributed by atoms with Crippen LogP contribution in [0.3, 0.4) is 0 Å². The summed E-state index contributed by atoms with van der Waals surface area (Å²) in [6.07, 6.45) is 0. The minimum absolute atomic E-state index is 0.182. The number of nitrogens with one attached hydrogen (secondary N) is 1. The van der Waals surface area contributed by atoms with E-state index in [4.69, 9.17) is 5.11 Å². The summed E-state index contributed by atoms with van der Waals surface area (Å²) < 4.78 is 13.2. The van der Waals surface area contributed by atoms with Crippen molar-refractivity contribution in [1.82, 2.24) is 10.2 Å². The molecule has 0 aliphatic heterocycles. The number of aromatic amines is 1. The van der Waals surface area contributed by atoms with Crippen LogP contribution in [-0.2, 0) is 0 Å². The van der Waals surface area contributed by atoms with E-state index in [1.807, 2.05) is 0 Å². The lowest BCUT2D eigenvalue weighted by atomic mass is 10.1. The van der Waals surface area contributed by atoms with E-state index in [1.54, 1.807) is 18.2 Å². The van der Waals surface area contributed by atoms with Crippen molar-refractivity contribution < 1.29 is 14.3 Å². The third kappa shape index (κ3) is 1.95. The summed E-state index contributed by atoms with van der Waals surface area (Å²) in [6, 6.07) is 10.8. The number of hydrogen-bond donors (Lipinski definition) is 2. The van der Waals surface area contributed by atoms with E-state index in [2.05, 4.69) is 10.2 Å². The largest absolute Gasteiger partial charge is 0.478 e. The van der Waals surface area contributed by atoms with Gasteiger partial charge in [0.05, 0.1) is 16.8 Å². The minimum atomic E-state index is -0.996. The number of carbonyl (C=O) groups is 1. The first-order chi connectivity index (χ1) is 9.15. The van der Waals surface area contributed by atoms with Gasteiger partial charge in [0, 0.05) is 10.9 Å². The molecule has 0 bridgehead atoms. The number of aromatic nitrogens is 2. The summed E-state index contributed by atoms with van der Waals surface area (Å²) in [5.74, 6) is -1.33. The Bertz CT molecular complexity index is 780. The van der Waals surface area contributed by atoms with Crippen LogP contribution in [0.5, 0.6) is 0 Å². The van der Waals surface area contributed by atoms with Gasteiger partial charge in [-0.05, 0) is 30.3 Å². The van der Waals surface area contributed by atoms with Crippen LogP contribution in [-0.4, -0.2) is 21.3 Å². The molecule has 4 nitrogen and oxygen atoms in total. The Hall–Kier alpha value is -2.69. The quantitative estimate of drug-likeness (QED) is 0.740. The summed E-state index contributed by atoms with van der Waals surface area (Å²) >= 11 is 0. The zero-order valence-electron chi connectivity index (χ0n) is 9.72. The van der Waals surface area contributed by atoms with Crippen molar-refractivity contribution in [2.75, 3.05) is 0 Å². The van der Waals surface area contributed by atoms with Crippen molar-refractivity contribution in [3.05, 3.63) is 53.8 Å². The molecule has 1 aromatic heterocycles. The Labute approximate surface area is 107 Å². The molecule has 0 radical (unpaired) electrons. The molecular formula is C14H9FN2O2. The van der Waals surface area contributed by atoms with Crippen LogP contribution in [0.2, 0.25) is 0 Å². The fourth-order valence-electron chi connectivity index (χ4n) is 2.01. The number of rotatable bonds is 2. The third-order valence-electron chi connectivity index (χ3n) is 2.91. The van der Waals surface area contributed by atoms with Crippen LogP contribution in [0.4, 0.5) is 4.39 Å². The van der Waals surface area contributed by atoms with Crippen molar-refractivity contribution >= 4 is 16.9 Å². The Morgan fingerprint density at radius 2 is 2.05 bits per heavy atom. The molecule has 3 rings (SSSR count). The first-order valence-electron chi connectivity index (χ1n) is 5.62. The Balaban J connectivity index is 2.18. The average Bonchev–Trinajstić information content (AvgIpc) is 2.81. The number of H-pyrrole nitrogens is 1. The van der Waals surface area contributed by atoms with Gasteiger partial charge in [-0.25, -0.2) is 9.18 Å². The molecule has 2 aromatic carbocycles. The van der Waals surface area contributed by atoms with Crippen LogP contribution < -0.4 is 0 Å². The van der Waals surface area contributed by atoms with Gasteiger partial charge in [0.1, 0.15) is 5.82 Å². The van der Waals surface area contributed by atoms with Crippen molar-refractivity contribution in [3.63, 3.8) is 0 Å². The standard InChI is InChI=1S/C14H9FN2O2/c15-10-3-1-2-8(6-10)13-11-5-4-9(14(18)19)7-12(11)16-17-13/h1-7H,(H,16,17)(H,18,19). The number of aromatic carboxylic acids is 1. The van der Waals surface area contributed by atoms with Gasteiger partial charge in [0.15, 0.2) is 0 Å². The molecule has 0 saturated heterocycles. The van der Waals surface area contributed by atoms with Gasteiger partial charge < -0.3 is 5.11 Å². The summed E-state index contributed by atoms with van der Waals surface area (Å²) in [5.41, 5.74) is 2.04. The van der Waals surface area contributed by atoms with Crippen LogP contribution in [0, 0.1) is 5.82 Å². The normalized spacial score (nSPS) is 10.8. The highest BCUT2D eigenvalue weighted by Gasteiger charge is 2.11. The third-order valence-corrected chi connectivity index (χ3v) is 2.91. The molecule has 0 fully saturated rings. The molecule has 0 aliphatic carbocycles. The maximum Gasteiger partial charge on any atom is 0.335 e. The second-order valence-corrected chi connectivity index (χ2v) is 4.15. The molecule has 3 aromatic rings.